The second kappa shape index (κ2) is 17.8. The van der Waals surface area contributed by atoms with Crippen LogP contribution in [-0.4, -0.2) is 107 Å². The van der Waals surface area contributed by atoms with Gasteiger partial charge in [-0.25, -0.2) is 0 Å². The van der Waals surface area contributed by atoms with E-state index in [0.29, 0.717) is 55.3 Å². The Morgan fingerprint density at radius 3 is 2.27 bits per heavy atom. The van der Waals surface area contributed by atoms with E-state index in [0.717, 1.165) is 70.4 Å². The minimum atomic E-state index is -0.978. The van der Waals surface area contributed by atoms with Crippen LogP contribution in [0.2, 0.25) is 0 Å². The Hall–Kier alpha value is -6.09. The van der Waals surface area contributed by atoms with Crippen LogP contribution in [0.3, 0.4) is 0 Å². The second-order valence-electron chi connectivity index (χ2n) is 15.5. The Balaban J connectivity index is 0.00000352. The van der Waals surface area contributed by atoms with Crippen molar-refractivity contribution < 1.29 is 36.3 Å². The van der Waals surface area contributed by atoms with Crippen LogP contribution in [0, 0.1) is 5.92 Å². The molecule has 2 fully saturated rings. The monoisotopic (exact) mass is 809 g/mol. The van der Waals surface area contributed by atoms with Gasteiger partial charge in [-0.05, 0) is 60.5 Å². The van der Waals surface area contributed by atoms with E-state index in [-0.39, 0.29) is 50.1 Å². The Bertz CT molecular complexity index is 2340. The number of hydrogen-bond acceptors (Lipinski definition) is 11. The molecule has 3 aliphatic heterocycles. The zero-order chi connectivity index (χ0) is 41.8. The molecule has 1 unspecified atom stereocenters. The molecule has 59 heavy (non-hydrogen) atoms. The number of unbranched alkanes of at least 4 members (excludes halogenated alkanes) is 5. The number of piperidine rings is 1. The summed E-state index contributed by atoms with van der Waals surface area (Å²) >= 11 is 0. The van der Waals surface area contributed by atoms with Crippen LogP contribution in [0.1, 0.15) is 80.5 Å². The number of fused-ring (bicyclic) bond motifs is 2. The molecule has 4 aromatic rings. The quantitative estimate of drug-likeness (QED) is 0.110. The summed E-state index contributed by atoms with van der Waals surface area (Å²) in [4.78, 5) is 85.3. The first-order chi connectivity index (χ1) is 28.5. The number of carbonyl (C=O) groups excluding carboxylic acids is 5. The number of likely N-dealkylation sites (N-methyl/N-ethyl adjacent to an activating group) is 1. The third-order valence-electron chi connectivity index (χ3n) is 11.7. The Kier molecular flexibility index (Phi) is 12.4. The lowest BCUT2D eigenvalue weighted by molar-refractivity contribution is -0.149. The smallest absolute Gasteiger partial charge is 0.264 e. The summed E-state index contributed by atoms with van der Waals surface area (Å²) in [6.45, 7) is 3.11. The molecule has 7 rings (SSSR count). The highest BCUT2D eigenvalue weighted by atomic mass is 16.5. The largest absolute Gasteiger partial charge is 0.496 e. The van der Waals surface area contributed by atoms with Crippen LogP contribution in [0.15, 0.2) is 59.8 Å². The number of amides is 5. The maximum absolute atomic E-state index is 13.4. The lowest BCUT2D eigenvalue weighted by Crippen LogP contribution is -2.54. The predicted octanol–water partition coefficient (Wildman–Crippen LogP) is 4.85. The molecule has 1 atom stereocenters. The number of pyridine rings is 2. The number of ether oxygens (including phenoxy) is 2. The SMILES string of the molecule is COc1cc(-c2cn(C)c(=O)c3cnccc23)cc(OC)c1CN1CC(C(=O)NCCCCCCCCNc2cccc3c2C(=O)N(C2CCC(=O)N(C)C2=O)C3=O)C1.[HH].[HH]. The van der Waals surface area contributed by atoms with Crippen molar-refractivity contribution in [2.45, 2.75) is 64.0 Å². The topological polar surface area (TPSA) is 172 Å². The minimum absolute atomic E-state index is 0. The van der Waals surface area contributed by atoms with E-state index in [9.17, 15) is 28.8 Å². The lowest BCUT2D eigenvalue weighted by atomic mass is 9.96. The van der Waals surface area contributed by atoms with Gasteiger partial charge in [-0.15, -0.1) is 0 Å². The van der Waals surface area contributed by atoms with Crippen LogP contribution < -0.4 is 25.7 Å². The van der Waals surface area contributed by atoms with Gasteiger partial charge in [0.1, 0.15) is 17.5 Å². The normalized spacial score (nSPS) is 17.1. The fraction of sp³-hybridized carbons (Fsp3) is 0.432. The number of carbonyl (C=O) groups is 5. The maximum atomic E-state index is 13.4. The molecule has 2 saturated heterocycles. The molecule has 0 bridgehead atoms. The van der Waals surface area contributed by atoms with E-state index in [1.54, 1.807) is 56.4 Å². The van der Waals surface area contributed by atoms with Gasteiger partial charge < -0.3 is 24.7 Å². The first-order valence-electron chi connectivity index (χ1n) is 20.3. The Labute approximate surface area is 345 Å². The number of rotatable bonds is 17. The van der Waals surface area contributed by atoms with Gasteiger partial charge in [0.15, 0.2) is 0 Å². The number of nitrogens with zero attached hydrogens (tertiary/aromatic N) is 5. The van der Waals surface area contributed by atoms with Crippen molar-refractivity contribution in [3.05, 3.63) is 82.0 Å². The van der Waals surface area contributed by atoms with Gasteiger partial charge in [0.05, 0.1) is 42.2 Å². The van der Waals surface area contributed by atoms with Crippen LogP contribution in [0.25, 0.3) is 21.9 Å². The van der Waals surface area contributed by atoms with Gasteiger partial charge in [-0.2, -0.15) is 0 Å². The number of likely N-dealkylation sites (tertiary alicyclic amines) is 2. The van der Waals surface area contributed by atoms with E-state index >= 15 is 0 Å². The van der Waals surface area contributed by atoms with Crippen molar-refractivity contribution in [1.29, 1.82) is 0 Å². The molecule has 15 heteroatoms. The van der Waals surface area contributed by atoms with Crippen molar-refractivity contribution in [3.8, 4) is 22.6 Å². The van der Waals surface area contributed by atoms with Crippen LogP contribution in [0.5, 0.6) is 11.5 Å². The molecule has 0 radical (unpaired) electrons. The van der Waals surface area contributed by atoms with E-state index in [4.69, 9.17) is 9.47 Å². The average Bonchev–Trinajstić information content (AvgIpc) is 3.48. The molecule has 2 N–H and O–H groups in total. The summed E-state index contributed by atoms with van der Waals surface area (Å²) in [5.41, 5.74) is 3.62. The second-order valence-corrected chi connectivity index (χ2v) is 15.5. The highest BCUT2D eigenvalue weighted by molar-refractivity contribution is 6.25. The van der Waals surface area contributed by atoms with Crippen molar-refractivity contribution in [2.75, 3.05) is 52.8 Å². The van der Waals surface area contributed by atoms with E-state index in [1.165, 1.54) is 7.05 Å². The summed E-state index contributed by atoms with van der Waals surface area (Å²) in [5, 5.41) is 7.75. The fourth-order valence-electron chi connectivity index (χ4n) is 8.33. The molecule has 0 saturated carbocycles. The molecule has 5 amide bonds. The molecular weight excluding hydrogens is 755 g/mol. The molecule has 0 aliphatic carbocycles. The molecule has 0 spiro atoms. The summed E-state index contributed by atoms with van der Waals surface area (Å²) < 4.78 is 13.2. The molecule has 2 aromatic heterocycles. The van der Waals surface area contributed by atoms with Crippen LogP contribution in [0.4, 0.5) is 5.69 Å². The summed E-state index contributed by atoms with van der Waals surface area (Å²) in [6, 6.07) is 9.88. The molecule has 15 nitrogen and oxygen atoms in total. The maximum Gasteiger partial charge on any atom is 0.264 e. The number of methoxy groups -OCH3 is 2. The predicted molar refractivity (Wildman–Crippen MR) is 225 cm³/mol. The highest BCUT2D eigenvalue weighted by Crippen LogP contribution is 2.39. The fourth-order valence-corrected chi connectivity index (χ4v) is 8.33. The number of aryl methyl sites for hydroxylation is 1. The van der Waals surface area contributed by atoms with Crippen molar-refractivity contribution in [2.24, 2.45) is 13.0 Å². The summed E-state index contributed by atoms with van der Waals surface area (Å²) in [5.74, 6) is -0.531. The Morgan fingerprint density at radius 2 is 1.56 bits per heavy atom. The van der Waals surface area contributed by atoms with Gasteiger partial charge in [-0.1, -0.05) is 31.7 Å². The third-order valence-corrected chi connectivity index (χ3v) is 11.7. The standard InChI is InChI=1S/C44H51N7O8.2H2/c1-48-25-32(29-16-19-45-22-31(29)41(48)54)27-20-36(58-3)33(37(21-27)59-4)26-50-23-28(24-50)40(53)47-18-10-8-6-5-7-9-17-46-34-13-11-12-30-39(34)44(57)51(42(30)55)35-14-15-38(52)49(2)43(35)56;;/h11-13,16,19-22,25,28,35,46H,5-10,14-15,17-18,23-24,26H2,1-4H3,(H,47,53);2*1H. The molecule has 5 heterocycles. The number of anilines is 1. The van der Waals surface area contributed by atoms with E-state index in [2.05, 4.69) is 20.5 Å². The molecule has 3 aliphatic rings. The van der Waals surface area contributed by atoms with Crippen molar-refractivity contribution in [1.82, 2.24) is 29.6 Å². The first-order valence-corrected chi connectivity index (χ1v) is 20.3. The van der Waals surface area contributed by atoms with Gasteiger partial charge in [0.25, 0.3) is 23.3 Å². The minimum Gasteiger partial charge on any atom is -0.496 e. The third kappa shape index (κ3) is 8.29. The number of nitrogens with one attached hydrogen (secondary N) is 2. The Morgan fingerprint density at radius 1 is 0.864 bits per heavy atom. The van der Waals surface area contributed by atoms with Gasteiger partial charge in [0.2, 0.25) is 11.8 Å². The van der Waals surface area contributed by atoms with Crippen LogP contribution in [-0.2, 0) is 28.0 Å². The lowest BCUT2D eigenvalue weighted by Gasteiger charge is -2.38. The summed E-state index contributed by atoms with van der Waals surface area (Å²) in [6.07, 6.45) is 11.2. The van der Waals surface area contributed by atoms with E-state index < -0.39 is 23.8 Å². The number of aromatic nitrogens is 2. The van der Waals surface area contributed by atoms with E-state index in [1.807, 2.05) is 24.4 Å². The molecule has 314 valence electrons. The number of hydrogen-bond donors (Lipinski definition) is 2. The number of benzene rings is 2. The van der Waals surface area contributed by atoms with Gasteiger partial charge in [0, 0.05) is 85.9 Å². The van der Waals surface area contributed by atoms with Crippen LogP contribution >= 0.6 is 0 Å². The highest BCUT2D eigenvalue weighted by Gasteiger charge is 2.47. The zero-order valence-corrected chi connectivity index (χ0v) is 34.0. The average molecular weight is 810 g/mol. The summed E-state index contributed by atoms with van der Waals surface area (Å²) in [7, 11) is 6.36. The van der Waals surface area contributed by atoms with Gasteiger partial charge >= 0.3 is 0 Å². The van der Waals surface area contributed by atoms with Crippen molar-refractivity contribution in [3.63, 3.8) is 0 Å². The first kappa shape index (κ1) is 41.1. The molecular formula is C44H55N7O8. The zero-order valence-electron chi connectivity index (χ0n) is 34.0. The van der Waals surface area contributed by atoms with Gasteiger partial charge in [-0.3, -0.25) is 48.5 Å². The van der Waals surface area contributed by atoms with Crippen molar-refractivity contribution >= 4 is 46.0 Å². The number of imide groups is 2. The molecule has 2 aromatic carbocycles.